The third-order valence-electron chi connectivity index (χ3n) is 4.93. The van der Waals surface area contributed by atoms with Gasteiger partial charge < -0.3 is 15.0 Å². The molecule has 1 aromatic carbocycles. The fraction of sp³-hybridized carbons (Fsp3) is 0.400. The van der Waals surface area contributed by atoms with Gasteiger partial charge in [-0.05, 0) is 43.0 Å². The second-order valence-electron chi connectivity index (χ2n) is 6.76. The minimum absolute atomic E-state index is 0.0125. The zero-order valence-electron chi connectivity index (χ0n) is 14.7. The third-order valence-corrected chi connectivity index (χ3v) is 5.46. The van der Waals surface area contributed by atoms with E-state index in [4.69, 9.17) is 0 Å². The number of aliphatic hydroxyl groups is 1. The second-order valence-corrected chi connectivity index (χ2v) is 7.68. The molecule has 138 valence electrons. The summed E-state index contributed by atoms with van der Waals surface area (Å²) in [4.78, 5) is 29.1. The number of aromatic nitrogens is 1. The molecule has 1 aliphatic heterocycles. The molecule has 1 saturated heterocycles. The molecule has 1 aromatic heterocycles. The number of nitrogens with one attached hydrogen (secondary N) is 1. The third kappa shape index (κ3) is 4.24. The maximum Gasteiger partial charge on any atom is 0.254 e. The fourth-order valence-electron chi connectivity index (χ4n) is 3.48. The molecule has 2 heterocycles. The van der Waals surface area contributed by atoms with E-state index in [-0.39, 0.29) is 17.4 Å². The van der Waals surface area contributed by atoms with Crippen LogP contribution in [0.2, 0.25) is 0 Å². The van der Waals surface area contributed by atoms with Crippen molar-refractivity contribution in [1.29, 1.82) is 0 Å². The minimum Gasteiger partial charge on any atom is -0.388 e. The van der Waals surface area contributed by atoms with E-state index in [0.717, 1.165) is 28.6 Å². The highest BCUT2D eigenvalue weighted by Crippen LogP contribution is 2.31. The quantitative estimate of drug-likeness (QED) is 0.799. The summed E-state index contributed by atoms with van der Waals surface area (Å²) in [5.74, 6) is -0.153. The lowest BCUT2D eigenvalue weighted by atomic mass is 9.88. The van der Waals surface area contributed by atoms with Crippen molar-refractivity contribution in [3.05, 3.63) is 68.0 Å². The topological polar surface area (TPSA) is 73.4 Å². The van der Waals surface area contributed by atoms with Crippen molar-refractivity contribution in [1.82, 2.24) is 9.88 Å². The van der Waals surface area contributed by atoms with Crippen molar-refractivity contribution < 1.29 is 9.90 Å². The zero-order valence-corrected chi connectivity index (χ0v) is 16.3. The highest BCUT2D eigenvalue weighted by Gasteiger charge is 2.30. The van der Waals surface area contributed by atoms with Gasteiger partial charge in [0, 0.05) is 40.8 Å². The van der Waals surface area contributed by atoms with Crippen LogP contribution in [0.3, 0.4) is 0 Å². The number of pyridine rings is 1. The van der Waals surface area contributed by atoms with Crippen molar-refractivity contribution in [3.63, 3.8) is 0 Å². The molecule has 5 nitrogen and oxygen atoms in total. The SMILES string of the molecule is CCc1cc(C(=O)N2CCCC(C(O)c3ccc(Br)cc3)C2)cc(=O)[nH]1. The van der Waals surface area contributed by atoms with E-state index < -0.39 is 6.10 Å². The maximum absolute atomic E-state index is 12.9. The number of rotatable bonds is 4. The molecule has 0 aliphatic carbocycles. The number of halogens is 1. The van der Waals surface area contributed by atoms with Crippen molar-refractivity contribution in [2.75, 3.05) is 13.1 Å². The van der Waals surface area contributed by atoms with Crippen LogP contribution in [0.15, 0.2) is 45.7 Å². The van der Waals surface area contributed by atoms with E-state index in [0.29, 0.717) is 25.1 Å². The summed E-state index contributed by atoms with van der Waals surface area (Å²) < 4.78 is 0.968. The molecule has 6 heteroatoms. The number of H-pyrrole nitrogens is 1. The number of benzene rings is 1. The average molecular weight is 419 g/mol. The predicted molar refractivity (Wildman–Crippen MR) is 104 cm³/mol. The molecule has 2 atom stereocenters. The number of aryl methyl sites for hydroxylation is 1. The van der Waals surface area contributed by atoms with Gasteiger partial charge in [0.15, 0.2) is 0 Å². The van der Waals surface area contributed by atoms with Crippen molar-refractivity contribution >= 4 is 21.8 Å². The van der Waals surface area contributed by atoms with Crippen LogP contribution < -0.4 is 5.56 Å². The highest BCUT2D eigenvalue weighted by atomic mass is 79.9. The van der Waals surface area contributed by atoms with Crippen LogP contribution in [-0.4, -0.2) is 34.0 Å². The van der Waals surface area contributed by atoms with E-state index in [1.54, 1.807) is 11.0 Å². The molecule has 0 saturated carbocycles. The van der Waals surface area contributed by atoms with Crippen LogP contribution in [0.4, 0.5) is 0 Å². The first kappa shape index (κ1) is 18.9. The first-order chi connectivity index (χ1) is 12.5. The van der Waals surface area contributed by atoms with Crippen LogP contribution in [0.5, 0.6) is 0 Å². The molecule has 2 aromatic rings. The Hall–Kier alpha value is -1.92. The van der Waals surface area contributed by atoms with Gasteiger partial charge in [-0.25, -0.2) is 0 Å². The Morgan fingerprint density at radius 3 is 2.77 bits per heavy atom. The van der Waals surface area contributed by atoms with E-state index >= 15 is 0 Å². The Bertz CT molecular complexity index is 832. The molecule has 1 fully saturated rings. The average Bonchev–Trinajstić information content (AvgIpc) is 2.67. The Morgan fingerprint density at radius 1 is 1.35 bits per heavy atom. The molecular formula is C20H23BrN2O3. The molecule has 0 bridgehead atoms. The van der Waals surface area contributed by atoms with Crippen molar-refractivity contribution in [3.8, 4) is 0 Å². The van der Waals surface area contributed by atoms with E-state index in [1.165, 1.54) is 6.07 Å². The Morgan fingerprint density at radius 2 is 2.08 bits per heavy atom. The smallest absolute Gasteiger partial charge is 0.254 e. The van der Waals surface area contributed by atoms with Crippen molar-refractivity contribution in [2.24, 2.45) is 5.92 Å². The lowest BCUT2D eigenvalue weighted by Crippen LogP contribution is -2.42. The number of hydrogen-bond donors (Lipinski definition) is 2. The summed E-state index contributed by atoms with van der Waals surface area (Å²) in [5, 5.41) is 10.7. The summed E-state index contributed by atoms with van der Waals surface area (Å²) in [6.45, 7) is 3.08. The Labute approximate surface area is 161 Å². The maximum atomic E-state index is 12.9. The number of aliphatic hydroxyl groups excluding tert-OH is 1. The molecular weight excluding hydrogens is 396 g/mol. The van der Waals surface area contributed by atoms with Gasteiger partial charge in [0.2, 0.25) is 5.56 Å². The minimum atomic E-state index is -0.607. The van der Waals surface area contributed by atoms with Gasteiger partial charge in [0.25, 0.3) is 5.91 Å². The lowest BCUT2D eigenvalue weighted by molar-refractivity contribution is 0.0401. The van der Waals surface area contributed by atoms with Crippen LogP contribution in [0, 0.1) is 5.92 Å². The zero-order chi connectivity index (χ0) is 18.7. The number of hydrogen-bond acceptors (Lipinski definition) is 3. The standard InChI is InChI=1S/C20H23BrN2O3/c1-2-17-10-15(11-18(24)22-17)20(26)23-9-3-4-14(12-23)19(25)13-5-7-16(21)8-6-13/h5-8,10-11,14,19,25H,2-4,9,12H2,1H3,(H,22,24). The molecule has 0 radical (unpaired) electrons. The molecule has 1 amide bonds. The fourth-order valence-corrected chi connectivity index (χ4v) is 3.75. The van der Waals surface area contributed by atoms with E-state index in [1.807, 2.05) is 31.2 Å². The predicted octanol–water partition coefficient (Wildman–Crippen LogP) is 3.29. The van der Waals surface area contributed by atoms with Gasteiger partial charge in [-0.1, -0.05) is 35.0 Å². The molecule has 26 heavy (non-hydrogen) atoms. The monoisotopic (exact) mass is 418 g/mol. The number of carbonyl (C=O) groups excluding carboxylic acids is 1. The summed E-state index contributed by atoms with van der Waals surface area (Å²) in [7, 11) is 0. The lowest BCUT2D eigenvalue weighted by Gasteiger charge is -2.35. The summed E-state index contributed by atoms with van der Waals surface area (Å²) >= 11 is 3.40. The van der Waals surface area contributed by atoms with Crippen LogP contribution in [-0.2, 0) is 6.42 Å². The summed E-state index contributed by atoms with van der Waals surface area (Å²) in [6.07, 6.45) is 1.77. The van der Waals surface area contributed by atoms with Crippen molar-refractivity contribution in [2.45, 2.75) is 32.3 Å². The van der Waals surface area contributed by atoms with Crippen LogP contribution >= 0.6 is 15.9 Å². The van der Waals surface area contributed by atoms with E-state index in [9.17, 15) is 14.7 Å². The number of amides is 1. The summed E-state index contributed by atoms with van der Waals surface area (Å²) in [6, 6.07) is 10.7. The second kappa shape index (κ2) is 8.18. The normalized spacial score (nSPS) is 18.6. The van der Waals surface area contributed by atoms with Gasteiger partial charge in [0.1, 0.15) is 0 Å². The Balaban J connectivity index is 1.75. The van der Waals surface area contributed by atoms with Crippen LogP contribution in [0.25, 0.3) is 0 Å². The number of likely N-dealkylation sites (tertiary alicyclic amines) is 1. The van der Waals surface area contributed by atoms with Gasteiger partial charge in [0.05, 0.1) is 6.10 Å². The molecule has 1 aliphatic rings. The van der Waals surface area contributed by atoms with Crippen LogP contribution in [0.1, 0.15) is 47.5 Å². The highest BCUT2D eigenvalue weighted by molar-refractivity contribution is 9.10. The largest absolute Gasteiger partial charge is 0.388 e. The van der Waals surface area contributed by atoms with Gasteiger partial charge >= 0.3 is 0 Å². The molecule has 2 N–H and O–H groups in total. The van der Waals surface area contributed by atoms with Gasteiger partial charge in [-0.3, -0.25) is 9.59 Å². The summed E-state index contributed by atoms with van der Waals surface area (Å²) in [5.41, 5.74) is 1.78. The molecule has 2 unspecified atom stereocenters. The number of piperidine rings is 1. The molecule has 0 spiro atoms. The van der Waals surface area contributed by atoms with E-state index in [2.05, 4.69) is 20.9 Å². The Kier molecular flexibility index (Phi) is 5.94. The first-order valence-corrected chi connectivity index (χ1v) is 9.73. The number of carbonyl (C=O) groups is 1. The number of aromatic amines is 1. The molecule has 3 rings (SSSR count). The van der Waals surface area contributed by atoms with Gasteiger partial charge in [-0.2, -0.15) is 0 Å². The first-order valence-electron chi connectivity index (χ1n) is 8.94. The van der Waals surface area contributed by atoms with Gasteiger partial charge in [-0.15, -0.1) is 0 Å². The number of nitrogens with zero attached hydrogens (tertiary/aromatic N) is 1.